The normalized spacial score (nSPS) is 39.6. The zero-order valence-corrected chi connectivity index (χ0v) is 10.4. The molecule has 0 aromatic carbocycles. The minimum atomic E-state index is 0.326. The van der Waals surface area contributed by atoms with E-state index in [1.807, 2.05) is 0 Å². The molecule has 0 heterocycles. The lowest BCUT2D eigenvalue weighted by atomic mass is 9.92. The molecule has 0 aliphatic heterocycles. The van der Waals surface area contributed by atoms with E-state index in [2.05, 4.69) is 77.3 Å². The number of alkyl halides is 1. The minimum absolute atomic E-state index is 0.326. The molecule has 0 N–H and O–H groups in total. The van der Waals surface area contributed by atoms with Crippen LogP contribution in [0.2, 0.25) is 0 Å². The molecule has 56 valence electrons. The maximum atomic E-state index is 2.49. The van der Waals surface area contributed by atoms with Crippen LogP contribution in [-0.2, 0) is 0 Å². The first-order chi connectivity index (χ1) is 4.52. The molecule has 0 aromatic rings. The highest BCUT2D eigenvalue weighted by molar-refractivity contribution is 14.1. The molecule has 2 heteroatoms. The first-order valence-corrected chi connectivity index (χ1v) is 5.43. The molecular formula is C8H10I2. The van der Waals surface area contributed by atoms with Crippen LogP contribution in [0, 0.1) is 5.92 Å². The molecule has 0 aromatic heterocycles. The van der Waals surface area contributed by atoms with Gasteiger partial charge in [-0.05, 0) is 35.4 Å². The van der Waals surface area contributed by atoms with Gasteiger partial charge in [0.05, 0.1) is 0 Å². The van der Waals surface area contributed by atoms with Gasteiger partial charge in [-0.3, -0.25) is 0 Å². The first kappa shape index (κ1) is 9.03. The Labute approximate surface area is 89.4 Å². The van der Waals surface area contributed by atoms with Gasteiger partial charge in [0.15, 0.2) is 0 Å². The van der Waals surface area contributed by atoms with Crippen molar-refractivity contribution in [2.75, 3.05) is 0 Å². The Kier molecular flexibility index (Phi) is 2.82. The summed E-state index contributed by atoms with van der Waals surface area (Å²) in [7, 11) is 0. The summed E-state index contributed by atoms with van der Waals surface area (Å²) >= 11 is 4.85. The average molecular weight is 360 g/mol. The fourth-order valence-corrected chi connectivity index (χ4v) is 1.93. The predicted octanol–water partition coefficient (Wildman–Crippen LogP) is 3.70. The monoisotopic (exact) mass is 360 g/mol. The van der Waals surface area contributed by atoms with Crippen LogP contribution in [0.25, 0.3) is 0 Å². The molecule has 0 saturated heterocycles. The second-order valence-electron chi connectivity index (χ2n) is 2.82. The van der Waals surface area contributed by atoms with E-state index in [1.165, 1.54) is 3.58 Å². The zero-order chi connectivity index (χ0) is 7.78. The molecular weight excluding hydrogens is 350 g/mol. The predicted molar refractivity (Wildman–Crippen MR) is 62.8 cm³/mol. The van der Waals surface area contributed by atoms with Crippen molar-refractivity contribution in [3.8, 4) is 0 Å². The summed E-state index contributed by atoms with van der Waals surface area (Å²) in [6.45, 7) is 4.52. The summed E-state index contributed by atoms with van der Waals surface area (Å²) in [4.78, 5) is 0. The molecule has 0 amide bonds. The van der Waals surface area contributed by atoms with Gasteiger partial charge in [0.2, 0.25) is 0 Å². The van der Waals surface area contributed by atoms with Gasteiger partial charge in [0.1, 0.15) is 0 Å². The molecule has 1 rings (SSSR count). The highest BCUT2D eigenvalue weighted by Gasteiger charge is 2.25. The van der Waals surface area contributed by atoms with Crippen molar-refractivity contribution in [3.63, 3.8) is 0 Å². The molecule has 1 aliphatic carbocycles. The second kappa shape index (κ2) is 3.13. The van der Waals surface area contributed by atoms with Crippen LogP contribution < -0.4 is 0 Å². The average Bonchev–Trinajstić information content (AvgIpc) is 1.81. The molecule has 10 heavy (non-hydrogen) atoms. The summed E-state index contributed by atoms with van der Waals surface area (Å²) in [5.74, 6) is 0.657. The zero-order valence-electron chi connectivity index (χ0n) is 6.07. The standard InChI is InChI=1S/C8H10I2/c1-6-5-7(9)3-4-8(6,2)10/h3-6H,1-2H3. The molecule has 2 atom stereocenters. The molecule has 0 bridgehead atoms. The third-order valence-electron chi connectivity index (χ3n) is 1.87. The van der Waals surface area contributed by atoms with Crippen molar-refractivity contribution in [3.05, 3.63) is 21.8 Å². The van der Waals surface area contributed by atoms with Crippen LogP contribution in [0.3, 0.4) is 0 Å². The Hall–Kier alpha value is 0.940. The maximum Gasteiger partial charge on any atom is 0.0436 e. The minimum Gasteiger partial charge on any atom is -0.0740 e. The van der Waals surface area contributed by atoms with Crippen molar-refractivity contribution in [2.24, 2.45) is 5.92 Å². The second-order valence-corrected chi connectivity index (χ2v) is 6.39. The van der Waals surface area contributed by atoms with E-state index in [0.29, 0.717) is 9.34 Å². The highest BCUT2D eigenvalue weighted by atomic mass is 127. The van der Waals surface area contributed by atoms with E-state index in [-0.39, 0.29) is 0 Å². The molecule has 0 radical (unpaired) electrons. The lowest BCUT2D eigenvalue weighted by Gasteiger charge is -2.26. The van der Waals surface area contributed by atoms with Crippen LogP contribution in [0.1, 0.15) is 13.8 Å². The third kappa shape index (κ3) is 1.96. The van der Waals surface area contributed by atoms with Gasteiger partial charge in [0, 0.05) is 7.00 Å². The first-order valence-electron chi connectivity index (χ1n) is 3.28. The molecule has 2 unspecified atom stereocenters. The van der Waals surface area contributed by atoms with Gasteiger partial charge in [0.25, 0.3) is 0 Å². The summed E-state index contributed by atoms with van der Waals surface area (Å²) < 4.78 is 1.69. The van der Waals surface area contributed by atoms with Crippen molar-refractivity contribution in [1.29, 1.82) is 0 Å². The van der Waals surface area contributed by atoms with Crippen molar-refractivity contribution in [1.82, 2.24) is 0 Å². The van der Waals surface area contributed by atoms with Crippen molar-refractivity contribution >= 4 is 45.2 Å². The lowest BCUT2D eigenvalue weighted by Crippen LogP contribution is -2.22. The van der Waals surface area contributed by atoms with Crippen LogP contribution in [0.5, 0.6) is 0 Å². The van der Waals surface area contributed by atoms with E-state index < -0.39 is 0 Å². The summed E-state index contributed by atoms with van der Waals surface area (Å²) in [5.41, 5.74) is 0. The van der Waals surface area contributed by atoms with Gasteiger partial charge in [-0.25, -0.2) is 0 Å². The number of allylic oxidation sites excluding steroid dienone is 4. The molecule has 0 nitrogen and oxygen atoms in total. The molecule has 0 fully saturated rings. The van der Waals surface area contributed by atoms with Gasteiger partial charge in [-0.15, -0.1) is 0 Å². The summed E-state index contributed by atoms with van der Waals surface area (Å²) in [5, 5.41) is 0. The highest BCUT2D eigenvalue weighted by Crippen LogP contribution is 2.35. The van der Waals surface area contributed by atoms with Crippen molar-refractivity contribution in [2.45, 2.75) is 17.3 Å². The molecule has 0 spiro atoms. The van der Waals surface area contributed by atoms with Crippen molar-refractivity contribution < 1.29 is 0 Å². The van der Waals surface area contributed by atoms with E-state index in [1.54, 1.807) is 0 Å². The Bertz CT molecular complexity index is 189. The number of rotatable bonds is 0. The summed E-state index contributed by atoms with van der Waals surface area (Å²) in [6.07, 6.45) is 6.78. The van der Waals surface area contributed by atoms with Crippen LogP contribution in [0.4, 0.5) is 0 Å². The third-order valence-corrected chi connectivity index (χ3v) is 3.93. The van der Waals surface area contributed by atoms with Crippen LogP contribution in [-0.4, -0.2) is 3.42 Å². The Balaban J connectivity index is 2.84. The summed E-state index contributed by atoms with van der Waals surface area (Å²) in [6, 6.07) is 0. The number of hydrogen-bond donors (Lipinski definition) is 0. The maximum absolute atomic E-state index is 2.49. The SMILES string of the molecule is CC1C=C(I)C=CC1(C)I. The quantitative estimate of drug-likeness (QED) is 0.457. The Morgan fingerprint density at radius 1 is 1.60 bits per heavy atom. The fourth-order valence-electron chi connectivity index (χ4n) is 0.852. The van der Waals surface area contributed by atoms with E-state index >= 15 is 0 Å². The van der Waals surface area contributed by atoms with E-state index in [0.717, 1.165) is 0 Å². The Morgan fingerprint density at radius 3 is 2.60 bits per heavy atom. The smallest absolute Gasteiger partial charge is 0.0436 e. The van der Waals surface area contributed by atoms with Gasteiger partial charge >= 0.3 is 0 Å². The lowest BCUT2D eigenvalue weighted by molar-refractivity contribution is 0.625. The van der Waals surface area contributed by atoms with E-state index in [4.69, 9.17) is 0 Å². The Morgan fingerprint density at radius 2 is 2.20 bits per heavy atom. The largest absolute Gasteiger partial charge is 0.0740 e. The van der Waals surface area contributed by atoms with Gasteiger partial charge in [-0.1, -0.05) is 47.7 Å². The fraction of sp³-hybridized carbons (Fsp3) is 0.500. The van der Waals surface area contributed by atoms with Crippen LogP contribution in [0.15, 0.2) is 21.8 Å². The van der Waals surface area contributed by atoms with Gasteiger partial charge in [-0.2, -0.15) is 0 Å². The molecule has 1 aliphatic rings. The number of halogens is 2. The number of hydrogen-bond acceptors (Lipinski definition) is 0. The van der Waals surface area contributed by atoms with E-state index in [9.17, 15) is 0 Å². The molecule has 0 saturated carbocycles. The van der Waals surface area contributed by atoms with Crippen LogP contribution >= 0.6 is 45.2 Å². The van der Waals surface area contributed by atoms with Gasteiger partial charge < -0.3 is 0 Å². The topological polar surface area (TPSA) is 0 Å².